The van der Waals surface area contributed by atoms with Gasteiger partial charge in [0.25, 0.3) is 5.91 Å². The molecule has 5 aliphatic rings. The van der Waals surface area contributed by atoms with Crippen molar-refractivity contribution in [2.75, 3.05) is 32.4 Å². The number of ether oxygens (including phenoxy) is 2. The fourth-order valence-corrected chi connectivity index (χ4v) is 5.81. The summed E-state index contributed by atoms with van der Waals surface area (Å²) in [5.41, 5.74) is 2.52. The lowest BCUT2D eigenvalue weighted by atomic mass is 9.72. The molecule has 0 radical (unpaired) electrons. The lowest BCUT2D eigenvalue weighted by Crippen LogP contribution is -2.50. The molecule has 0 aromatic heterocycles. The zero-order valence-electron chi connectivity index (χ0n) is 16.0. The van der Waals surface area contributed by atoms with Gasteiger partial charge in [-0.1, -0.05) is 17.7 Å². The molecule has 1 aromatic rings. The second-order valence-corrected chi connectivity index (χ2v) is 8.02. The fourth-order valence-electron chi connectivity index (χ4n) is 5.81. The van der Waals surface area contributed by atoms with Crippen LogP contribution in [0, 0.1) is 11.8 Å². The lowest BCUT2D eigenvalue weighted by molar-refractivity contribution is -0.137. The summed E-state index contributed by atoms with van der Waals surface area (Å²) >= 11 is 0. The van der Waals surface area contributed by atoms with E-state index in [1.165, 1.54) is 10.6 Å². The van der Waals surface area contributed by atoms with E-state index in [1.54, 1.807) is 14.2 Å². The smallest absolute Gasteiger partial charge is 0.264 e. The van der Waals surface area contributed by atoms with E-state index in [0.29, 0.717) is 24.2 Å². The van der Waals surface area contributed by atoms with Gasteiger partial charge in [0.1, 0.15) is 11.2 Å². The molecule has 6 rings (SSSR count). The Morgan fingerprint density at radius 1 is 1.37 bits per heavy atom. The molecule has 1 aromatic carbocycles. The van der Waals surface area contributed by atoms with Gasteiger partial charge in [0.2, 0.25) is 0 Å². The van der Waals surface area contributed by atoms with Gasteiger partial charge in [-0.05, 0) is 37.3 Å². The van der Waals surface area contributed by atoms with Crippen LogP contribution in [0.4, 0.5) is 5.69 Å². The number of piperidine rings is 1. The monoisotopic (exact) mass is 370 g/mol. The third-order valence-electron chi connectivity index (χ3n) is 7.15. The molecule has 27 heavy (non-hydrogen) atoms. The van der Waals surface area contributed by atoms with Gasteiger partial charge in [0, 0.05) is 24.6 Å². The van der Waals surface area contributed by atoms with Crippen LogP contribution >= 0.6 is 0 Å². The Labute approximate surface area is 159 Å². The van der Waals surface area contributed by atoms with E-state index < -0.39 is 5.41 Å². The summed E-state index contributed by atoms with van der Waals surface area (Å²) in [7, 11) is 3.18. The molecule has 1 amide bonds. The van der Waals surface area contributed by atoms with Crippen LogP contribution in [-0.2, 0) is 19.8 Å². The number of nitrogens with zero attached hydrogens (tertiary/aromatic N) is 1. The maximum atomic E-state index is 13.7. The van der Waals surface area contributed by atoms with Gasteiger partial charge in [0.15, 0.2) is 0 Å². The number of amides is 1. The quantitative estimate of drug-likeness (QED) is 0.809. The number of hydroxylamine groups is 1. The summed E-state index contributed by atoms with van der Waals surface area (Å²) in [6, 6.07) is 6.11. The van der Waals surface area contributed by atoms with E-state index in [9.17, 15) is 4.79 Å². The highest BCUT2D eigenvalue weighted by atomic mass is 16.7. The molecule has 4 bridgehead atoms. The predicted octanol–water partition coefficient (Wildman–Crippen LogP) is 2.18. The molecular weight excluding hydrogens is 344 g/mol. The second kappa shape index (κ2) is 6.06. The third kappa shape index (κ3) is 2.15. The van der Waals surface area contributed by atoms with Gasteiger partial charge in [0.05, 0.1) is 32.6 Å². The van der Waals surface area contributed by atoms with Gasteiger partial charge >= 0.3 is 0 Å². The minimum Gasteiger partial charge on any atom is -0.497 e. The van der Waals surface area contributed by atoms with Crippen LogP contribution in [0.2, 0.25) is 0 Å². The minimum absolute atomic E-state index is 0.0183. The van der Waals surface area contributed by atoms with Gasteiger partial charge < -0.3 is 14.8 Å². The summed E-state index contributed by atoms with van der Waals surface area (Å²) in [6.45, 7) is 3.72. The second-order valence-electron chi connectivity index (χ2n) is 8.02. The standard InChI is InChI=1S/C21H26N2O4/c1-4-12-10-22-17-9-21(19-8-14(12)15(17)11-27-19)16-6-5-13(25-2)7-18(16)23(26-3)20(21)24/h4-7,14-15,17,19,22H,8-11H2,1-3H3/b12-4-/t14-,15-,17+,19-,21+/m1/s1. The zero-order valence-corrected chi connectivity index (χ0v) is 16.0. The maximum absolute atomic E-state index is 13.7. The third-order valence-corrected chi connectivity index (χ3v) is 7.15. The molecule has 4 aliphatic heterocycles. The number of anilines is 1. The van der Waals surface area contributed by atoms with Crippen molar-refractivity contribution in [2.24, 2.45) is 11.8 Å². The number of carbonyl (C=O) groups is 1. The molecule has 6 nitrogen and oxygen atoms in total. The van der Waals surface area contributed by atoms with Crippen molar-refractivity contribution in [1.29, 1.82) is 0 Å². The topological polar surface area (TPSA) is 60.0 Å². The molecule has 4 heterocycles. The largest absolute Gasteiger partial charge is 0.497 e. The first-order valence-corrected chi connectivity index (χ1v) is 9.71. The van der Waals surface area contributed by atoms with E-state index in [0.717, 1.165) is 30.6 Å². The summed E-state index contributed by atoms with van der Waals surface area (Å²) in [6.07, 6.45) is 3.72. The van der Waals surface area contributed by atoms with Crippen LogP contribution in [0.5, 0.6) is 5.75 Å². The molecule has 5 atom stereocenters. The molecule has 144 valence electrons. The molecule has 1 saturated carbocycles. The fraction of sp³-hybridized carbons (Fsp3) is 0.571. The Kier molecular flexibility index (Phi) is 3.86. The molecule has 6 heteroatoms. The first-order chi connectivity index (χ1) is 13.1. The van der Waals surface area contributed by atoms with Crippen LogP contribution in [0.15, 0.2) is 29.8 Å². The lowest BCUT2D eigenvalue weighted by Gasteiger charge is -2.42. The van der Waals surface area contributed by atoms with E-state index in [2.05, 4.69) is 18.3 Å². The molecule has 3 saturated heterocycles. The first kappa shape index (κ1) is 17.2. The van der Waals surface area contributed by atoms with Gasteiger partial charge in [-0.25, -0.2) is 0 Å². The van der Waals surface area contributed by atoms with E-state index in [1.807, 2.05) is 18.2 Å². The normalized spacial score (nSPS) is 38.4. The number of rotatable bonds is 2. The van der Waals surface area contributed by atoms with E-state index >= 15 is 0 Å². The molecule has 1 aliphatic carbocycles. The van der Waals surface area contributed by atoms with Crippen LogP contribution < -0.4 is 15.1 Å². The first-order valence-electron chi connectivity index (χ1n) is 9.71. The number of hydrogen-bond donors (Lipinski definition) is 1. The van der Waals surface area contributed by atoms with Crippen molar-refractivity contribution >= 4 is 11.6 Å². The van der Waals surface area contributed by atoms with E-state index in [4.69, 9.17) is 14.3 Å². The molecule has 1 spiro atoms. The van der Waals surface area contributed by atoms with Crippen molar-refractivity contribution in [2.45, 2.75) is 37.3 Å². The number of allylic oxidation sites excluding steroid dienone is 1. The van der Waals surface area contributed by atoms with Crippen molar-refractivity contribution in [3.05, 3.63) is 35.4 Å². The Morgan fingerprint density at radius 2 is 2.22 bits per heavy atom. The summed E-state index contributed by atoms with van der Waals surface area (Å²) in [5.74, 6) is 1.61. The Balaban J connectivity index is 1.67. The molecule has 1 N–H and O–H groups in total. The number of nitrogens with one attached hydrogen (secondary N) is 1. The molecule has 0 unspecified atom stereocenters. The maximum Gasteiger partial charge on any atom is 0.264 e. The van der Waals surface area contributed by atoms with Crippen LogP contribution in [0.3, 0.4) is 0 Å². The number of benzene rings is 1. The number of hydrogen-bond acceptors (Lipinski definition) is 5. The average molecular weight is 370 g/mol. The average Bonchev–Trinajstić information content (AvgIpc) is 2.80. The van der Waals surface area contributed by atoms with Crippen molar-refractivity contribution in [1.82, 2.24) is 5.32 Å². The van der Waals surface area contributed by atoms with Crippen LogP contribution in [-0.4, -0.2) is 45.4 Å². The highest BCUT2D eigenvalue weighted by Gasteiger charge is 2.63. The van der Waals surface area contributed by atoms with Gasteiger partial charge in [-0.15, -0.1) is 0 Å². The Bertz CT molecular complexity index is 822. The number of carbonyl (C=O) groups excluding carboxylic acids is 1. The van der Waals surface area contributed by atoms with Crippen molar-refractivity contribution in [3.8, 4) is 5.75 Å². The van der Waals surface area contributed by atoms with Crippen molar-refractivity contribution in [3.63, 3.8) is 0 Å². The summed E-state index contributed by atoms with van der Waals surface area (Å²) < 4.78 is 11.7. The summed E-state index contributed by atoms with van der Waals surface area (Å²) in [4.78, 5) is 19.2. The Morgan fingerprint density at radius 3 is 2.96 bits per heavy atom. The molecular formula is C21H26N2O4. The number of fused-ring (bicyclic) bond motifs is 2. The summed E-state index contributed by atoms with van der Waals surface area (Å²) in [5, 5.41) is 5.12. The van der Waals surface area contributed by atoms with Gasteiger partial charge in [-0.2, -0.15) is 5.06 Å². The number of methoxy groups -OCH3 is 1. The van der Waals surface area contributed by atoms with E-state index in [-0.39, 0.29) is 18.1 Å². The minimum atomic E-state index is -0.706. The highest BCUT2D eigenvalue weighted by Crippen LogP contribution is 2.56. The SMILES string of the molecule is C/C=C1/CN[C@H]2C[C@@]3(C(=O)N(OC)c4cc(OC)ccc43)[C@H]3C[C@H]1[C@H]2CO3. The van der Waals surface area contributed by atoms with Gasteiger partial charge in [-0.3, -0.25) is 9.63 Å². The zero-order chi connectivity index (χ0) is 18.8. The highest BCUT2D eigenvalue weighted by molar-refractivity contribution is 6.07. The van der Waals surface area contributed by atoms with Crippen LogP contribution in [0.1, 0.15) is 25.3 Å². The van der Waals surface area contributed by atoms with Crippen LogP contribution in [0.25, 0.3) is 0 Å². The van der Waals surface area contributed by atoms with Crippen molar-refractivity contribution < 1.29 is 19.1 Å². The molecule has 4 fully saturated rings. The Hall–Kier alpha value is -1.89. The predicted molar refractivity (Wildman–Crippen MR) is 101 cm³/mol.